The Bertz CT molecular complexity index is 527. The van der Waals surface area contributed by atoms with Gasteiger partial charge in [-0.3, -0.25) is 4.79 Å². The van der Waals surface area contributed by atoms with Crippen molar-refractivity contribution in [2.75, 3.05) is 5.32 Å². The number of benzene rings is 1. The quantitative estimate of drug-likeness (QED) is 0.883. The molecule has 19 heavy (non-hydrogen) atoms. The minimum atomic E-state index is -0.603. The molecule has 1 amide bonds. The molecule has 1 N–H and O–H groups in total. The first-order valence-electron chi connectivity index (χ1n) is 6.57. The van der Waals surface area contributed by atoms with Crippen LogP contribution in [0.25, 0.3) is 0 Å². The average Bonchev–Trinajstić information content (AvgIpc) is 2.40. The Morgan fingerprint density at radius 1 is 1.37 bits per heavy atom. The van der Waals surface area contributed by atoms with Crippen LogP contribution in [-0.4, -0.2) is 5.91 Å². The van der Waals surface area contributed by atoms with E-state index in [9.17, 15) is 9.18 Å². The molecule has 0 atom stereocenters. The minimum Gasteiger partial charge on any atom is -0.324 e. The largest absolute Gasteiger partial charge is 0.324 e. The molecule has 0 aromatic heterocycles. The Morgan fingerprint density at radius 2 is 2.05 bits per heavy atom. The zero-order valence-corrected chi connectivity index (χ0v) is 11.0. The summed E-state index contributed by atoms with van der Waals surface area (Å²) in [5, 5.41) is 11.7. The first-order chi connectivity index (χ1) is 9.07. The van der Waals surface area contributed by atoms with Crippen LogP contribution in [0.1, 0.15) is 44.6 Å². The fourth-order valence-corrected chi connectivity index (χ4v) is 2.57. The molecule has 1 aliphatic rings. The van der Waals surface area contributed by atoms with Gasteiger partial charge in [0.2, 0.25) is 5.91 Å². The molecule has 0 aliphatic heterocycles. The molecule has 0 unspecified atom stereocenters. The molecule has 0 saturated heterocycles. The third kappa shape index (κ3) is 2.76. The van der Waals surface area contributed by atoms with E-state index in [1.165, 1.54) is 12.1 Å². The number of hydrogen-bond donors (Lipinski definition) is 1. The predicted octanol–water partition coefficient (Wildman–Crippen LogP) is 3.61. The lowest BCUT2D eigenvalue weighted by Crippen LogP contribution is -2.35. The van der Waals surface area contributed by atoms with Crippen LogP contribution in [0.2, 0.25) is 0 Å². The number of nitrogens with one attached hydrogen (secondary N) is 1. The highest BCUT2D eigenvalue weighted by Gasteiger charge is 2.34. The smallest absolute Gasteiger partial charge is 0.230 e. The summed E-state index contributed by atoms with van der Waals surface area (Å²) in [5.74, 6) is -0.719. The first-order valence-corrected chi connectivity index (χ1v) is 6.57. The van der Waals surface area contributed by atoms with Gasteiger partial charge in [0.25, 0.3) is 0 Å². The summed E-state index contributed by atoms with van der Waals surface area (Å²) in [6.45, 7) is 1.94. The highest BCUT2D eigenvalue weighted by atomic mass is 19.1. The van der Waals surface area contributed by atoms with Gasteiger partial charge >= 0.3 is 0 Å². The molecule has 1 aromatic carbocycles. The molecule has 0 heterocycles. The fraction of sp³-hybridized carbons (Fsp3) is 0.467. The molecule has 100 valence electrons. The zero-order valence-electron chi connectivity index (χ0n) is 11.0. The first kappa shape index (κ1) is 13.5. The average molecular weight is 260 g/mol. The van der Waals surface area contributed by atoms with Gasteiger partial charge in [0.05, 0.1) is 5.69 Å². The molecule has 1 saturated carbocycles. The molecule has 3 nitrogen and oxygen atoms in total. The number of amides is 1. The second-order valence-electron chi connectivity index (χ2n) is 5.35. The van der Waals surface area contributed by atoms with Gasteiger partial charge in [0, 0.05) is 5.41 Å². The molecule has 1 aromatic rings. The normalized spacial score (nSPS) is 17.5. The summed E-state index contributed by atoms with van der Waals surface area (Å²) in [5.41, 5.74) is -0.244. The lowest BCUT2D eigenvalue weighted by Gasteiger charge is -2.32. The van der Waals surface area contributed by atoms with Crippen molar-refractivity contribution in [1.82, 2.24) is 0 Å². The minimum absolute atomic E-state index is 0.102. The van der Waals surface area contributed by atoms with Crippen LogP contribution in [-0.2, 0) is 4.79 Å². The van der Waals surface area contributed by atoms with Crippen molar-refractivity contribution >= 4 is 11.6 Å². The van der Waals surface area contributed by atoms with E-state index in [2.05, 4.69) is 5.32 Å². The van der Waals surface area contributed by atoms with Gasteiger partial charge < -0.3 is 5.32 Å². The number of rotatable bonds is 2. The fourth-order valence-electron chi connectivity index (χ4n) is 2.57. The standard InChI is InChI=1S/C15H17FN2O/c1-15(8-3-2-4-9-15)14(19)18-13-7-5-6-12(16)11(13)10-17/h5-7H,2-4,8-9H2,1H3,(H,18,19). The second kappa shape index (κ2) is 5.40. The van der Waals surface area contributed by atoms with Crippen molar-refractivity contribution in [1.29, 1.82) is 5.26 Å². The molecule has 2 rings (SSSR count). The molecule has 1 fully saturated rings. The Hall–Kier alpha value is -1.89. The SMILES string of the molecule is CC1(C(=O)Nc2cccc(F)c2C#N)CCCCC1. The van der Waals surface area contributed by atoms with E-state index in [1.54, 1.807) is 12.1 Å². The number of carbonyl (C=O) groups excluding carboxylic acids is 1. The van der Waals surface area contributed by atoms with E-state index in [0.717, 1.165) is 32.1 Å². The van der Waals surface area contributed by atoms with Gasteiger partial charge in [0.1, 0.15) is 17.4 Å². The van der Waals surface area contributed by atoms with Gasteiger partial charge in [-0.25, -0.2) is 4.39 Å². The van der Waals surface area contributed by atoms with Crippen LogP contribution in [0.15, 0.2) is 18.2 Å². The third-order valence-corrected chi connectivity index (χ3v) is 3.88. The van der Waals surface area contributed by atoms with Crippen molar-refractivity contribution in [2.45, 2.75) is 39.0 Å². The predicted molar refractivity (Wildman–Crippen MR) is 70.9 cm³/mol. The number of nitriles is 1. The van der Waals surface area contributed by atoms with E-state index in [1.807, 2.05) is 6.92 Å². The third-order valence-electron chi connectivity index (χ3n) is 3.88. The number of carbonyl (C=O) groups is 1. The summed E-state index contributed by atoms with van der Waals surface area (Å²) < 4.78 is 13.5. The number of nitrogens with zero attached hydrogens (tertiary/aromatic N) is 1. The summed E-state index contributed by atoms with van der Waals surface area (Å²) in [6.07, 6.45) is 4.93. The second-order valence-corrected chi connectivity index (χ2v) is 5.35. The molecule has 0 spiro atoms. The maximum absolute atomic E-state index is 13.5. The van der Waals surface area contributed by atoms with Crippen molar-refractivity contribution in [3.8, 4) is 6.07 Å². The topological polar surface area (TPSA) is 52.9 Å². The molecule has 0 radical (unpaired) electrons. The molecular weight excluding hydrogens is 243 g/mol. The van der Waals surface area contributed by atoms with Crippen LogP contribution in [0.5, 0.6) is 0 Å². The van der Waals surface area contributed by atoms with E-state index >= 15 is 0 Å². The van der Waals surface area contributed by atoms with Crippen LogP contribution in [0.4, 0.5) is 10.1 Å². The van der Waals surface area contributed by atoms with Crippen molar-refractivity contribution in [3.63, 3.8) is 0 Å². The highest BCUT2D eigenvalue weighted by molar-refractivity contribution is 5.96. The molecule has 4 heteroatoms. The summed E-state index contributed by atoms with van der Waals surface area (Å²) in [6, 6.07) is 6.07. The van der Waals surface area contributed by atoms with Crippen molar-refractivity contribution in [3.05, 3.63) is 29.6 Å². The van der Waals surface area contributed by atoms with Gasteiger partial charge in [-0.2, -0.15) is 5.26 Å². The summed E-state index contributed by atoms with van der Waals surface area (Å²) in [7, 11) is 0. The van der Waals surface area contributed by atoms with E-state index in [4.69, 9.17) is 5.26 Å². The zero-order chi connectivity index (χ0) is 13.9. The van der Waals surface area contributed by atoms with Gasteiger partial charge in [0.15, 0.2) is 0 Å². The molecule has 1 aliphatic carbocycles. The Morgan fingerprint density at radius 3 is 2.68 bits per heavy atom. The monoisotopic (exact) mass is 260 g/mol. The number of anilines is 1. The lowest BCUT2D eigenvalue weighted by molar-refractivity contribution is -0.126. The van der Waals surface area contributed by atoms with E-state index in [-0.39, 0.29) is 17.2 Å². The maximum Gasteiger partial charge on any atom is 0.230 e. The van der Waals surface area contributed by atoms with Crippen LogP contribution in [0, 0.1) is 22.6 Å². The van der Waals surface area contributed by atoms with Crippen LogP contribution in [0.3, 0.4) is 0 Å². The Labute approximate surface area is 112 Å². The van der Waals surface area contributed by atoms with Gasteiger partial charge in [-0.15, -0.1) is 0 Å². The molecule has 0 bridgehead atoms. The van der Waals surface area contributed by atoms with Crippen LogP contribution < -0.4 is 5.32 Å². The molecular formula is C15H17FN2O. The maximum atomic E-state index is 13.5. The Kier molecular flexibility index (Phi) is 3.84. The van der Waals surface area contributed by atoms with Crippen molar-refractivity contribution in [2.24, 2.45) is 5.41 Å². The Balaban J connectivity index is 2.20. The van der Waals surface area contributed by atoms with Crippen molar-refractivity contribution < 1.29 is 9.18 Å². The van der Waals surface area contributed by atoms with Crippen LogP contribution >= 0.6 is 0 Å². The lowest BCUT2D eigenvalue weighted by atomic mass is 9.75. The number of halogens is 1. The highest BCUT2D eigenvalue weighted by Crippen LogP contribution is 2.37. The van der Waals surface area contributed by atoms with Gasteiger partial charge in [-0.05, 0) is 25.0 Å². The number of hydrogen-bond acceptors (Lipinski definition) is 2. The summed E-state index contributed by atoms with van der Waals surface area (Å²) >= 11 is 0. The van der Waals surface area contributed by atoms with E-state index in [0.29, 0.717) is 0 Å². The summed E-state index contributed by atoms with van der Waals surface area (Å²) in [4.78, 5) is 12.3. The van der Waals surface area contributed by atoms with Gasteiger partial charge in [-0.1, -0.05) is 32.3 Å². The van der Waals surface area contributed by atoms with E-state index < -0.39 is 11.2 Å².